The fourth-order valence-electron chi connectivity index (χ4n) is 3.10. The largest absolute Gasteiger partial charge is 0.466 e. The van der Waals surface area contributed by atoms with Crippen LogP contribution in [0.25, 0.3) is 0 Å². The summed E-state index contributed by atoms with van der Waals surface area (Å²) < 4.78 is 19.2. The van der Waals surface area contributed by atoms with E-state index in [9.17, 15) is 14.4 Å². The Hall–Kier alpha value is -1.71. The minimum atomic E-state index is -2.09. The number of nitrogens with one attached hydrogen (secondary N) is 1. The summed E-state index contributed by atoms with van der Waals surface area (Å²) >= 11 is 0. The summed E-state index contributed by atoms with van der Waals surface area (Å²) in [5.41, 5.74) is -0.482. The zero-order valence-corrected chi connectivity index (χ0v) is 19.5. The number of nitrogens with zero attached hydrogens (tertiary/aromatic N) is 1. The molecule has 1 aromatic heterocycles. The second-order valence-corrected chi connectivity index (χ2v) is 13.9. The first-order chi connectivity index (χ1) is 13.4. The van der Waals surface area contributed by atoms with Crippen LogP contribution in [0.5, 0.6) is 0 Å². The summed E-state index contributed by atoms with van der Waals surface area (Å²) in [5.74, 6) is -0.275. The Morgan fingerprint density at radius 2 is 2.00 bits per heavy atom. The highest BCUT2D eigenvalue weighted by Gasteiger charge is 2.45. The van der Waals surface area contributed by atoms with Crippen molar-refractivity contribution in [3.8, 4) is 0 Å². The third kappa shape index (κ3) is 5.67. The van der Waals surface area contributed by atoms with Crippen LogP contribution in [0.4, 0.5) is 0 Å². The Morgan fingerprint density at radius 3 is 2.59 bits per heavy atom. The van der Waals surface area contributed by atoms with Crippen molar-refractivity contribution in [1.29, 1.82) is 0 Å². The molecule has 0 radical (unpaired) electrons. The maximum atomic E-state index is 12.3. The van der Waals surface area contributed by atoms with Crippen LogP contribution in [-0.2, 0) is 18.7 Å². The van der Waals surface area contributed by atoms with E-state index >= 15 is 0 Å². The van der Waals surface area contributed by atoms with Crippen molar-refractivity contribution in [2.75, 3.05) is 6.61 Å². The van der Waals surface area contributed by atoms with Crippen LogP contribution in [0.1, 0.15) is 58.7 Å². The normalized spacial score (nSPS) is 22.7. The van der Waals surface area contributed by atoms with Crippen molar-refractivity contribution in [2.24, 2.45) is 0 Å². The lowest BCUT2D eigenvalue weighted by Crippen LogP contribution is -2.46. The summed E-state index contributed by atoms with van der Waals surface area (Å²) in [6, 6.07) is 0. The number of aromatic nitrogens is 2. The van der Waals surface area contributed by atoms with Crippen LogP contribution in [0.15, 0.2) is 15.8 Å². The first-order valence-corrected chi connectivity index (χ1v) is 13.1. The predicted octanol–water partition coefficient (Wildman–Crippen LogP) is 2.87. The molecule has 0 amide bonds. The highest BCUT2D eigenvalue weighted by Crippen LogP contribution is 2.41. The van der Waals surface area contributed by atoms with Gasteiger partial charge in [-0.1, -0.05) is 20.8 Å². The molecule has 29 heavy (non-hydrogen) atoms. The fraction of sp³-hybridized carbons (Fsp3) is 0.750. The van der Waals surface area contributed by atoms with E-state index in [1.807, 2.05) is 0 Å². The molecule has 1 saturated heterocycles. The summed E-state index contributed by atoms with van der Waals surface area (Å²) in [6.45, 7) is 14.6. The first-order valence-electron chi connectivity index (χ1n) is 10.2. The maximum Gasteiger partial charge on any atom is 0.330 e. The van der Waals surface area contributed by atoms with E-state index in [1.165, 1.54) is 10.8 Å². The minimum absolute atomic E-state index is 0.0161. The minimum Gasteiger partial charge on any atom is -0.466 e. The lowest BCUT2D eigenvalue weighted by atomic mass is 10.1. The van der Waals surface area contributed by atoms with E-state index in [2.05, 4.69) is 38.8 Å². The number of carbonyl (C=O) groups excluding carboxylic acids is 1. The van der Waals surface area contributed by atoms with Gasteiger partial charge in [-0.15, -0.1) is 0 Å². The molecular weight excluding hydrogens is 392 g/mol. The van der Waals surface area contributed by atoms with E-state index < -0.39 is 25.8 Å². The molecule has 0 saturated carbocycles. The fourth-order valence-corrected chi connectivity index (χ4v) is 4.46. The smallest absolute Gasteiger partial charge is 0.330 e. The van der Waals surface area contributed by atoms with Gasteiger partial charge in [0.05, 0.1) is 18.8 Å². The molecule has 0 aromatic carbocycles. The molecule has 9 heteroatoms. The molecule has 0 unspecified atom stereocenters. The summed E-state index contributed by atoms with van der Waals surface area (Å²) in [6.07, 6.45) is 1.54. The second kappa shape index (κ2) is 8.97. The van der Waals surface area contributed by atoms with Gasteiger partial charge in [0.1, 0.15) is 6.23 Å². The van der Waals surface area contributed by atoms with Gasteiger partial charge in [0, 0.05) is 24.6 Å². The van der Waals surface area contributed by atoms with Crippen molar-refractivity contribution in [3.05, 3.63) is 32.6 Å². The Morgan fingerprint density at radius 1 is 1.34 bits per heavy atom. The van der Waals surface area contributed by atoms with Crippen LogP contribution >= 0.6 is 0 Å². The van der Waals surface area contributed by atoms with Gasteiger partial charge in [-0.2, -0.15) is 0 Å². The van der Waals surface area contributed by atoms with Crippen molar-refractivity contribution >= 4 is 14.3 Å². The number of carbonyl (C=O) groups is 1. The third-order valence-electron chi connectivity index (χ3n) is 5.83. The molecule has 1 aliphatic heterocycles. The van der Waals surface area contributed by atoms with Gasteiger partial charge in [-0.05, 0) is 38.4 Å². The van der Waals surface area contributed by atoms with Gasteiger partial charge in [0.25, 0.3) is 5.56 Å². The SMILES string of the molecule is CCOC(=O)CC[C@H]1O[C@@H](n2cc(C)c(=O)[nH]c2=O)C[C@@H]1O[Si](C)(C)C(C)(C)C. The Bertz CT molecular complexity index is 839. The zero-order valence-electron chi connectivity index (χ0n) is 18.5. The van der Waals surface area contributed by atoms with E-state index in [0.29, 0.717) is 25.0 Å². The molecule has 8 nitrogen and oxygen atoms in total. The number of aryl methyl sites for hydroxylation is 1. The highest BCUT2D eigenvalue weighted by molar-refractivity contribution is 6.74. The molecule has 0 spiro atoms. The average Bonchev–Trinajstić information content (AvgIpc) is 2.97. The number of esters is 1. The average molecular weight is 427 g/mol. The Balaban J connectivity index is 2.26. The van der Waals surface area contributed by atoms with Crippen LogP contribution < -0.4 is 11.2 Å². The molecule has 0 bridgehead atoms. The van der Waals surface area contributed by atoms with Gasteiger partial charge < -0.3 is 13.9 Å². The van der Waals surface area contributed by atoms with Crippen LogP contribution in [0.2, 0.25) is 18.1 Å². The molecule has 1 aliphatic rings. The number of hydrogen-bond acceptors (Lipinski definition) is 6. The second-order valence-electron chi connectivity index (χ2n) is 9.10. The number of ether oxygens (including phenoxy) is 2. The van der Waals surface area contributed by atoms with Gasteiger partial charge in [0.2, 0.25) is 0 Å². The van der Waals surface area contributed by atoms with Crippen LogP contribution in [-0.4, -0.2) is 42.7 Å². The summed E-state index contributed by atoms with van der Waals surface area (Å²) in [7, 11) is -2.09. The molecule has 1 aromatic rings. The predicted molar refractivity (Wildman–Crippen MR) is 113 cm³/mol. The standard InChI is InChI=1S/C20H34N2O6Si/c1-8-26-17(23)10-9-14-15(28-29(6,7)20(3,4)5)11-16(27-14)22-12-13(2)18(24)21-19(22)25/h12,14-16H,8-11H2,1-7H3,(H,21,24,25)/t14-,15+,16-/m1/s1. The highest BCUT2D eigenvalue weighted by atomic mass is 28.4. The van der Waals surface area contributed by atoms with Crippen molar-refractivity contribution < 1.29 is 18.7 Å². The number of hydrogen-bond donors (Lipinski definition) is 1. The summed E-state index contributed by atoms with van der Waals surface area (Å²) in [5, 5.41) is 0.0161. The molecule has 1 fully saturated rings. The molecule has 2 rings (SSSR count). The van der Waals surface area contributed by atoms with Crippen molar-refractivity contribution in [2.45, 2.75) is 90.4 Å². The van der Waals surface area contributed by atoms with Crippen molar-refractivity contribution in [3.63, 3.8) is 0 Å². The van der Waals surface area contributed by atoms with Crippen LogP contribution in [0, 0.1) is 6.92 Å². The third-order valence-corrected chi connectivity index (χ3v) is 10.3. The molecule has 3 atom stereocenters. The van der Waals surface area contributed by atoms with E-state index in [0.717, 1.165) is 0 Å². The molecule has 2 heterocycles. The van der Waals surface area contributed by atoms with Crippen LogP contribution in [0.3, 0.4) is 0 Å². The first kappa shape index (κ1) is 23.6. The Kier molecular flexibility index (Phi) is 7.29. The zero-order chi connectivity index (χ0) is 22.0. The van der Waals surface area contributed by atoms with E-state index in [4.69, 9.17) is 13.9 Å². The molecule has 1 N–H and O–H groups in total. The quantitative estimate of drug-likeness (QED) is 0.532. The lowest BCUT2D eigenvalue weighted by Gasteiger charge is -2.39. The monoisotopic (exact) mass is 426 g/mol. The Labute approximate surface area is 172 Å². The van der Waals surface area contributed by atoms with Crippen molar-refractivity contribution in [1.82, 2.24) is 9.55 Å². The number of rotatable bonds is 7. The lowest BCUT2D eigenvalue weighted by molar-refractivity contribution is -0.144. The molecular formula is C20H34N2O6Si. The maximum absolute atomic E-state index is 12.3. The van der Waals surface area contributed by atoms with E-state index in [1.54, 1.807) is 13.8 Å². The topological polar surface area (TPSA) is 99.6 Å². The van der Waals surface area contributed by atoms with Gasteiger partial charge in [0.15, 0.2) is 8.32 Å². The number of H-pyrrole nitrogens is 1. The van der Waals surface area contributed by atoms with Gasteiger partial charge >= 0.3 is 11.7 Å². The van der Waals surface area contributed by atoms with E-state index in [-0.39, 0.29) is 29.6 Å². The summed E-state index contributed by atoms with van der Waals surface area (Å²) in [4.78, 5) is 38.2. The molecule has 164 valence electrons. The molecule has 0 aliphatic carbocycles. The van der Waals surface area contributed by atoms with Gasteiger partial charge in [-0.25, -0.2) is 4.79 Å². The number of aromatic amines is 1. The van der Waals surface area contributed by atoms with Gasteiger partial charge in [-0.3, -0.25) is 19.1 Å².